The van der Waals surface area contributed by atoms with Gasteiger partial charge in [-0.2, -0.15) is 5.10 Å². The summed E-state index contributed by atoms with van der Waals surface area (Å²) in [6.45, 7) is 5.27. The molecule has 0 fully saturated rings. The fourth-order valence-electron chi connectivity index (χ4n) is 3.36. The number of aromatic nitrogens is 4. The van der Waals surface area contributed by atoms with Crippen molar-refractivity contribution in [2.75, 3.05) is 19.0 Å². The first-order chi connectivity index (χ1) is 13.8. The van der Waals surface area contributed by atoms with Crippen LogP contribution in [0.15, 0.2) is 48.0 Å². The highest BCUT2D eigenvalue weighted by molar-refractivity contribution is 7.99. The molecule has 0 radical (unpaired) electrons. The van der Waals surface area contributed by atoms with E-state index in [1.54, 1.807) is 0 Å². The first-order valence-electron chi connectivity index (χ1n) is 9.91. The average molecular weight is 399 g/mol. The van der Waals surface area contributed by atoms with Crippen LogP contribution in [0.25, 0.3) is 11.3 Å². The van der Waals surface area contributed by atoms with Crippen molar-refractivity contribution in [1.29, 1.82) is 0 Å². The topological polar surface area (TPSA) is 54.1 Å². The monoisotopic (exact) mass is 398 g/mol. The highest BCUT2D eigenvalue weighted by Crippen LogP contribution is 2.35. The Hall–Kier alpha value is -2.41. The van der Waals surface area contributed by atoms with Gasteiger partial charge in [0, 0.05) is 36.8 Å². The van der Waals surface area contributed by atoms with E-state index in [9.17, 15) is 0 Å². The lowest BCUT2D eigenvalue weighted by molar-refractivity contribution is 0.171. The second-order valence-corrected chi connectivity index (χ2v) is 7.77. The Balaban J connectivity index is 1.33. The van der Waals surface area contributed by atoms with Gasteiger partial charge in [-0.25, -0.2) is 4.98 Å². The summed E-state index contributed by atoms with van der Waals surface area (Å²) in [6.07, 6.45) is 9.37. The zero-order valence-corrected chi connectivity index (χ0v) is 17.0. The molecule has 0 atom stereocenters. The molecule has 7 heteroatoms. The summed E-state index contributed by atoms with van der Waals surface area (Å²) in [7, 11) is 0. The van der Waals surface area contributed by atoms with Gasteiger partial charge in [0.1, 0.15) is 13.2 Å². The van der Waals surface area contributed by atoms with E-state index in [4.69, 9.17) is 9.47 Å². The van der Waals surface area contributed by atoms with E-state index in [-0.39, 0.29) is 0 Å². The summed E-state index contributed by atoms with van der Waals surface area (Å²) >= 11 is 1.84. The second kappa shape index (κ2) is 9.19. The smallest absolute Gasteiger partial charge is 0.168 e. The van der Waals surface area contributed by atoms with Gasteiger partial charge in [-0.3, -0.25) is 4.68 Å². The standard InChI is InChI=1S/C21H26N4O2S/c1-2-25-18(17-7-8-19-20(15-17)27-13-12-26-19)16-22-21(25)28-14-5-3-4-10-24-11-6-9-23-24/h6-9,11,15-16H,2-5,10,12-14H2,1H3. The molecule has 0 unspecified atom stereocenters. The van der Waals surface area contributed by atoms with E-state index in [2.05, 4.69) is 33.7 Å². The van der Waals surface area contributed by atoms with Crippen LogP contribution in [0.5, 0.6) is 11.5 Å². The molecule has 3 heterocycles. The maximum absolute atomic E-state index is 5.73. The predicted octanol–water partition coefficient (Wildman–Crippen LogP) is 4.50. The van der Waals surface area contributed by atoms with Crippen LogP contribution in [0.1, 0.15) is 26.2 Å². The highest BCUT2D eigenvalue weighted by atomic mass is 32.2. The summed E-state index contributed by atoms with van der Waals surface area (Å²) in [4.78, 5) is 4.67. The molecule has 0 saturated carbocycles. The second-order valence-electron chi connectivity index (χ2n) is 6.71. The Kier molecular flexibility index (Phi) is 6.21. The van der Waals surface area contributed by atoms with Crippen molar-refractivity contribution >= 4 is 11.8 Å². The number of hydrogen-bond donors (Lipinski definition) is 0. The third kappa shape index (κ3) is 4.35. The van der Waals surface area contributed by atoms with Crippen LogP contribution < -0.4 is 9.47 Å². The van der Waals surface area contributed by atoms with Gasteiger partial charge >= 0.3 is 0 Å². The summed E-state index contributed by atoms with van der Waals surface area (Å²) in [5.74, 6) is 2.72. The third-order valence-corrected chi connectivity index (χ3v) is 5.87. The number of unbranched alkanes of at least 4 members (excludes halogenated alkanes) is 2. The van der Waals surface area contributed by atoms with Gasteiger partial charge < -0.3 is 14.0 Å². The van der Waals surface area contributed by atoms with Crippen molar-refractivity contribution in [2.24, 2.45) is 0 Å². The number of fused-ring (bicyclic) bond motifs is 1. The summed E-state index contributed by atoms with van der Waals surface area (Å²) < 4.78 is 15.6. The van der Waals surface area contributed by atoms with Gasteiger partial charge in [-0.1, -0.05) is 18.2 Å². The van der Waals surface area contributed by atoms with E-state index >= 15 is 0 Å². The first kappa shape index (κ1) is 18.9. The molecule has 0 N–H and O–H groups in total. The molecule has 0 aliphatic carbocycles. The molecule has 0 bridgehead atoms. The zero-order chi connectivity index (χ0) is 19.2. The van der Waals surface area contributed by atoms with E-state index in [1.807, 2.05) is 47.2 Å². The molecule has 1 aliphatic heterocycles. The normalized spacial score (nSPS) is 13.0. The van der Waals surface area contributed by atoms with Crippen molar-refractivity contribution in [3.8, 4) is 22.8 Å². The van der Waals surface area contributed by atoms with Crippen molar-refractivity contribution < 1.29 is 9.47 Å². The molecule has 1 aromatic carbocycles. The van der Waals surface area contributed by atoms with Crippen molar-refractivity contribution in [3.63, 3.8) is 0 Å². The van der Waals surface area contributed by atoms with E-state index in [1.165, 1.54) is 12.8 Å². The van der Waals surface area contributed by atoms with Gasteiger partial charge in [0.05, 0.1) is 11.9 Å². The van der Waals surface area contributed by atoms with Crippen LogP contribution in [0.4, 0.5) is 0 Å². The molecule has 2 aromatic heterocycles. The number of imidazole rings is 1. The number of thioether (sulfide) groups is 1. The molecule has 6 nitrogen and oxygen atoms in total. The van der Waals surface area contributed by atoms with Gasteiger partial charge in [0.25, 0.3) is 0 Å². The Morgan fingerprint density at radius 1 is 1.11 bits per heavy atom. The van der Waals surface area contributed by atoms with Crippen LogP contribution in [0.2, 0.25) is 0 Å². The first-order valence-corrected chi connectivity index (χ1v) is 10.9. The maximum Gasteiger partial charge on any atom is 0.168 e. The largest absolute Gasteiger partial charge is 0.486 e. The van der Waals surface area contributed by atoms with Crippen molar-refractivity contribution in [2.45, 2.75) is 44.4 Å². The molecule has 4 rings (SSSR count). The lowest BCUT2D eigenvalue weighted by Crippen LogP contribution is -2.15. The SMILES string of the molecule is CCn1c(-c2ccc3c(c2)OCCO3)cnc1SCCCCCn1cccn1. The van der Waals surface area contributed by atoms with Gasteiger partial charge in [0.2, 0.25) is 0 Å². The number of rotatable bonds is 9. The van der Waals surface area contributed by atoms with Crippen LogP contribution in [0, 0.1) is 0 Å². The fourth-order valence-corrected chi connectivity index (χ4v) is 4.40. The molecule has 0 spiro atoms. The summed E-state index contributed by atoms with van der Waals surface area (Å²) in [6, 6.07) is 8.10. The van der Waals surface area contributed by atoms with Crippen LogP contribution in [-0.4, -0.2) is 38.3 Å². The van der Waals surface area contributed by atoms with Crippen LogP contribution in [-0.2, 0) is 13.1 Å². The van der Waals surface area contributed by atoms with E-state index < -0.39 is 0 Å². The lowest BCUT2D eigenvalue weighted by atomic mass is 10.1. The Bertz CT molecular complexity index is 892. The molecule has 148 valence electrons. The number of ether oxygens (including phenoxy) is 2. The summed E-state index contributed by atoms with van der Waals surface area (Å²) in [5.41, 5.74) is 2.24. The minimum Gasteiger partial charge on any atom is -0.486 e. The van der Waals surface area contributed by atoms with Crippen LogP contribution >= 0.6 is 11.8 Å². The average Bonchev–Trinajstić information content (AvgIpc) is 3.39. The van der Waals surface area contributed by atoms with Gasteiger partial charge in [0.15, 0.2) is 16.7 Å². The Labute approximate surface area is 169 Å². The van der Waals surface area contributed by atoms with Gasteiger partial charge in [-0.15, -0.1) is 0 Å². The van der Waals surface area contributed by atoms with Crippen molar-refractivity contribution in [3.05, 3.63) is 42.9 Å². The Morgan fingerprint density at radius 3 is 2.82 bits per heavy atom. The third-order valence-electron chi connectivity index (χ3n) is 4.80. The minimum absolute atomic E-state index is 0.602. The molecule has 1 aliphatic rings. The number of hydrogen-bond acceptors (Lipinski definition) is 5. The minimum atomic E-state index is 0.602. The van der Waals surface area contributed by atoms with E-state index in [0.717, 1.165) is 53.2 Å². The molecule has 0 saturated heterocycles. The van der Waals surface area contributed by atoms with Crippen LogP contribution in [0.3, 0.4) is 0 Å². The Morgan fingerprint density at radius 2 is 2.00 bits per heavy atom. The fraction of sp³-hybridized carbons (Fsp3) is 0.429. The molecule has 0 amide bonds. The lowest BCUT2D eigenvalue weighted by Gasteiger charge is -2.19. The number of nitrogens with zero attached hydrogens (tertiary/aromatic N) is 4. The molecule has 3 aromatic rings. The van der Waals surface area contributed by atoms with E-state index in [0.29, 0.717) is 13.2 Å². The highest BCUT2D eigenvalue weighted by Gasteiger charge is 2.16. The quantitative estimate of drug-likeness (QED) is 0.392. The molecular weight excluding hydrogens is 372 g/mol. The summed E-state index contributed by atoms with van der Waals surface area (Å²) in [5, 5.41) is 5.33. The molecule has 28 heavy (non-hydrogen) atoms. The predicted molar refractivity (Wildman–Crippen MR) is 111 cm³/mol. The maximum atomic E-state index is 5.73. The van der Waals surface area contributed by atoms with Gasteiger partial charge in [-0.05, 0) is 44.0 Å². The van der Waals surface area contributed by atoms with Crippen molar-refractivity contribution in [1.82, 2.24) is 19.3 Å². The number of benzene rings is 1. The molecular formula is C21H26N4O2S. The zero-order valence-electron chi connectivity index (χ0n) is 16.2. The number of aryl methyl sites for hydroxylation is 1.